The molecule has 9 heteroatoms. The number of fused-ring (bicyclic) bond motifs is 1. The topological polar surface area (TPSA) is 87.7 Å². The standard InChI is InChI=1S/C18H12ClFN6O/c19-14-5-22-6-15(20)18(14)11-1-2-12-7-25(8-13(12)3-11)17(27)9-26-10-23-16(4-21)24-26/h1-3,5-6,10H,7-9H2. The first kappa shape index (κ1) is 17.1. The number of hydrogen-bond donors (Lipinski definition) is 0. The van der Waals surface area contributed by atoms with E-state index in [4.69, 9.17) is 16.9 Å². The Hall–Kier alpha value is -3.31. The van der Waals surface area contributed by atoms with Crippen molar-refractivity contribution in [2.45, 2.75) is 19.6 Å². The van der Waals surface area contributed by atoms with E-state index in [2.05, 4.69) is 15.1 Å². The number of hydrogen-bond acceptors (Lipinski definition) is 5. The van der Waals surface area contributed by atoms with E-state index in [-0.39, 0.29) is 23.3 Å². The van der Waals surface area contributed by atoms with Gasteiger partial charge in [0.15, 0.2) is 5.82 Å². The third-order valence-corrected chi connectivity index (χ3v) is 4.64. The molecule has 3 heterocycles. The van der Waals surface area contributed by atoms with Crippen LogP contribution in [-0.2, 0) is 24.4 Å². The zero-order valence-electron chi connectivity index (χ0n) is 13.9. The molecule has 0 fully saturated rings. The van der Waals surface area contributed by atoms with Crippen LogP contribution in [0.2, 0.25) is 5.02 Å². The average molecular weight is 383 g/mol. The molecule has 3 aromatic rings. The third-order valence-electron chi connectivity index (χ3n) is 4.36. The van der Waals surface area contributed by atoms with Crippen LogP contribution in [0.15, 0.2) is 36.9 Å². The summed E-state index contributed by atoms with van der Waals surface area (Å²) in [5.41, 5.74) is 2.87. The zero-order chi connectivity index (χ0) is 19.0. The molecule has 1 aromatic carbocycles. The molecule has 0 radical (unpaired) electrons. The van der Waals surface area contributed by atoms with Gasteiger partial charge in [0.25, 0.3) is 5.82 Å². The van der Waals surface area contributed by atoms with Crippen molar-refractivity contribution >= 4 is 17.5 Å². The number of benzene rings is 1. The molecule has 0 N–H and O–H groups in total. The van der Waals surface area contributed by atoms with Crippen molar-refractivity contribution in [2.24, 2.45) is 0 Å². The van der Waals surface area contributed by atoms with E-state index in [1.807, 2.05) is 18.2 Å². The lowest BCUT2D eigenvalue weighted by molar-refractivity contribution is -0.132. The summed E-state index contributed by atoms with van der Waals surface area (Å²) >= 11 is 6.09. The van der Waals surface area contributed by atoms with Gasteiger partial charge < -0.3 is 4.90 Å². The predicted molar refractivity (Wildman–Crippen MR) is 93.6 cm³/mol. The molecule has 134 valence electrons. The Morgan fingerprint density at radius 3 is 2.85 bits per heavy atom. The molecule has 0 unspecified atom stereocenters. The molecular weight excluding hydrogens is 371 g/mol. The van der Waals surface area contributed by atoms with Gasteiger partial charge in [-0.1, -0.05) is 23.7 Å². The lowest BCUT2D eigenvalue weighted by Gasteiger charge is -2.14. The van der Waals surface area contributed by atoms with Gasteiger partial charge in [-0.15, -0.1) is 5.10 Å². The minimum Gasteiger partial charge on any atom is -0.332 e. The van der Waals surface area contributed by atoms with E-state index in [1.165, 1.54) is 17.2 Å². The quantitative estimate of drug-likeness (QED) is 0.694. The van der Waals surface area contributed by atoms with E-state index < -0.39 is 5.82 Å². The number of amides is 1. The van der Waals surface area contributed by atoms with Gasteiger partial charge in [-0.25, -0.2) is 14.1 Å². The van der Waals surface area contributed by atoms with E-state index in [0.717, 1.165) is 17.3 Å². The smallest absolute Gasteiger partial charge is 0.252 e. The fourth-order valence-electron chi connectivity index (χ4n) is 3.07. The van der Waals surface area contributed by atoms with Crippen LogP contribution in [0.4, 0.5) is 4.39 Å². The molecule has 1 aliphatic heterocycles. The van der Waals surface area contributed by atoms with E-state index >= 15 is 0 Å². The first-order valence-electron chi connectivity index (χ1n) is 8.03. The number of nitriles is 1. The zero-order valence-corrected chi connectivity index (χ0v) is 14.7. The van der Waals surface area contributed by atoms with Gasteiger partial charge in [-0.05, 0) is 22.8 Å². The molecule has 0 atom stereocenters. The Kier molecular flexibility index (Phi) is 4.30. The highest BCUT2D eigenvalue weighted by Crippen LogP contribution is 2.33. The van der Waals surface area contributed by atoms with Crippen molar-refractivity contribution < 1.29 is 9.18 Å². The molecule has 0 saturated carbocycles. The molecular formula is C18H12ClFN6O. The number of nitrogens with zero attached hydrogens (tertiary/aromatic N) is 6. The SMILES string of the molecule is N#Cc1ncn(CC(=O)N2Cc3ccc(-c4c(F)cncc4Cl)cc3C2)n1. The van der Waals surface area contributed by atoms with Gasteiger partial charge in [0.1, 0.15) is 18.9 Å². The van der Waals surface area contributed by atoms with Crippen molar-refractivity contribution in [1.82, 2.24) is 24.6 Å². The second-order valence-corrected chi connectivity index (χ2v) is 6.50. The minimum absolute atomic E-state index is 0.000334. The van der Waals surface area contributed by atoms with Crippen LogP contribution in [0.3, 0.4) is 0 Å². The lowest BCUT2D eigenvalue weighted by Crippen LogP contribution is -2.29. The molecule has 27 heavy (non-hydrogen) atoms. The monoisotopic (exact) mass is 382 g/mol. The van der Waals surface area contributed by atoms with E-state index in [9.17, 15) is 9.18 Å². The van der Waals surface area contributed by atoms with Crippen LogP contribution in [0, 0.1) is 17.1 Å². The summed E-state index contributed by atoms with van der Waals surface area (Å²) < 4.78 is 15.5. The van der Waals surface area contributed by atoms with Crippen LogP contribution in [0.5, 0.6) is 0 Å². The van der Waals surface area contributed by atoms with Crippen LogP contribution < -0.4 is 0 Å². The normalized spacial score (nSPS) is 12.7. The van der Waals surface area contributed by atoms with Gasteiger partial charge in [-0.2, -0.15) is 5.26 Å². The number of halogens is 2. The number of rotatable bonds is 3. The minimum atomic E-state index is -0.493. The highest BCUT2D eigenvalue weighted by Gasteiger charge is 2.24. The highest BCUT2D eigenvalue weighted by molar-refractivity contribution is 6.33. The van der Waals surface area contributed by atoms with Crippen molar-refractivity contribution in [3.05, 3.63) is 64.7 Å². The molecule has 4 rings (SSSR count). The Morgan fingerprint density at radius 1 is 1.30 bits per heavy atom. The number of carbonyl (C=O) groups is 1. The number of carbonyl (C=O) groups excluding carboxylic acids is 1. The second-order valence-electron chi connectivity index (χ2n) is 6.09. The van der Waals surface area contributed by atoms with Crippen LogP contribution >= 0.6 is 11.6 Å². The number of aromatic nitrogens is 4. The van der Waals surface area contributed by atoms with Crippen molar-refractivity contribution in [1.29, 1.82) is 5.26 Å². The van der Waals surface area contributed by atoms with Gasteiger partial charge in [0.2, 0.25) is 5.91 Å². The molecule has 1 amide bonds. The van der Waals surface area contributed by atoms with Crippen LogP contribution in [-0.4, -0.2) is 30.6 Å². The maximum atomic E-state index is 14.1. The molecule has 7 nitrogen and oxygen atoms in total. The summed E-state index contributed by atoms with van der Waals surface area (Å²) in [7, 11) is 0. The third kappa shape index (κ3) is 3.25. The fraction of sp³-hybridized carbons (Fsp3) is 0.167. The van der Waals surface area contributed by atoms with Gasteiger partial charge in [-0.3, -0.25) is 9.78 Å². The van der Waals surface area contributed by atoms with E-state index in [1.54, 1.807) is 11.0 Å². The molecule has 0 bridgehead atoms. The maximum Gasteiger partial charge on any atom is 0.252 e. The molecule has 1 aliphatic rings. The summed E-state index contributed by atoms with van der Waals surface area (Å²) in [6.45, 7) is 0.868. The Morgan fingerprint density at radius 2 is 2.11 bits per heavy atom. The van der Waals surface area contributed by atoms with Gasteiger partial charge in [0.05, 0.1) is 11.2 Å². The summed E-state index contributed by atoms with van der Waals surface area (Å²) in [6.07, 6.45) is 3.88. The lowest BCUT2D eigenvalue weighted by atomic mass is 10.0. The molecule has 2 aromatic heterocycles. The van der Waals surface area contributed by atoms with Crippen molar-refractivity contribution in [3.8, 4) is 17.2 Å². The molecule has 0 aliphatic carbocycles. The Labute approximate surface area is 158 Å². The first-order valence-corrected chi connectivity index (χ1v) is 8.41. The predicted octanol–water partition coefficient (Wildman–Crippen LogP) is 2.55. The summed E-state index contributed by atoms with van der Waals surface area (Å²) in [5, 5.41) is 12.9. The van der Waals surface area contributed by atoms with Crippen LogP contribution in [0.1, 0.15) is 17.0 Å². The van der Waals surface area contributed by atoms with Gasteiger partial charge >= 0.3 is 0 Å². The Bertz CT molecular complexity index is 1070. The summed E-state index contributed by atoms with van der Waals surface area (Å²) in [5.74, 6) is -0.614. The first-order chi connectivity index (χ1) is 13.0. The molecule has 0 spiro atoms. The van der Waals surface area contributed by atoms with Gasteiger partial charge in [0, 0.05) is 24.8 Å². The van der Waals surface area contributed by atoms with Crippen LogP contribution in [0.25, 0.3) is 11.1 Å². The van der Waals surface area contributed by atoms with E-state index in [0.29, 0.717) is 24.2 Å². The maximum absolute atomic E-state index is 14.1. The number of pyridine rings is 1. The average Bonchev–Trinajstić information content (AvgIpc) is 3.27. The van der Waals surface area contributed by atoms with Crippen molar-refractivity contribution in [2.75, 3.05) is 0 Å². The summed E-state index contributed by atoms with van der Waals surface area (Å²) in [6, 6.07) is 7.32. The molecule has 0 saturated heterocycles. The summed E-state index contributed by atoms with van der Waals surface area (Å²) in [4.78, 5) is 21.7. The largest absolute Gasteiger partial charge is 0.332 e. The second kappa shape index (κ2) is 6.78. The van der Waals surface area contributed by atoms with Crippen molar-refractivity contribution in [3.63, 3.8) is 0 Å². The Balaban J connectivity index is 1.54. The fourth-order valence-corrected chi connectivity index (χ4v) is 3.33. The highest BCUT2D eigenvalue weighted by atomic mass is 35.5.